The number of benzene rings is 1. The lowest BCUT2D eigenvalue weighted by atomic mass is 9.83. The van der Waals surface area contributed by atoms with E-state index >= 15 is 0 Å². The second kappa shape index (κ2) is 7.00. The monoisotopic (exact) mass is 353 g/mol. The number of aliphatic hydroxyl groups excluding tert-OH is 1. The van der Waals surface area contributed by atoms with E-state index < -0.39 is 29.5 Å². The van der Waals surface area contributed by atoms with E-state index in [1.165, 1.54) is 0 Å². The summed E-state index contributed by atoms with van der Waals surface area (Å²) >= 11 is 0. The summed E-state index contributed by atoms with van der Waals surface area (Å²) in [5, 5.41) is 10.8. The number of anilines is 1. The average Bonchev–Trinajstić information content (AvgIpc) is 2.84. The number of nitrogens with zero attached hydrogens (tertiary/aromatic N) is 2. The number of carbonyl (C=O) groups excluding carboxylic acids is 2. The molecule has 3 atom stereocenters. The van der Waals surface area contributed by atoms with Gasteiger partial charge in [0.05, 0.1) is 17.9 Å². The number of Topliss-reactive ketones (excluding diaryl/α,β-unsaturated/α-hetero) is 2. The molecule has 2 aliphatic rings. The third-order valence-corrected chi connectivity index (χ3v) is 5.22. The Labute approximate surface area is 153 Å². The van der Waals surface area contributed by atoms with Crippen LogP contribution in [-0.4, -0.2) is 61.3 Å². The van der Waals surface area contributed by atoms with Crippen molar-refractivity contribution in [3.63, 3.8) is 0 Å². The van der Waals surface area contributed by atoms with E-state index in [4.69, 9.17) is 0 Å². The number of rotatable bonds is 3. The van der Waals surface area contributed by atoms with Crippen LogP contribution in [-0.2, 0) is 9.59 Å². The van der Waals surface area contributed by atoms with Gasteiger partial charge in [-0.1, -0.05) is 24.3 Å². The van der Waals surface area contributed by atoms with Gasteiger partial charge in [0.2, 0.25) is 11.6 Å². The Morgan fingerprint density at radius 1 is 0.962 bits per heavy atom. The average molecular weight is 353 g/mol. The van der Waals surface area contributed by atoms with Gasteiger partial charge in [0.1, 0.15) is 14.1 Å². The van der Waals surface area contributed by atoms with E-state index in [2.05, 4.69) is 0 Å². The first-order valence-corrected chi connectivity index (χ1v) is 8.75. The minimum Gasteiger partial charge on any atom is -0.391 e. The van der Waals surface area contributed by atoms with Gasteiger partial charge in [-0.15, -0.1) is 0 Å². The Balaban J connectivity index is 1.87. The first-order chi connectivity index (χ1) is 12.3. The SMILES string of the molecule is CN(C)c1ccc(C2C(=O)C(=O)C(C3C=CC(=[N+](C)C)C=C3)C2O)cc1. The maximum absolute atomic E-state index is 12.6. The van der Waals surface area contributed by atoms with Crippen LogP contribution >= 0.6 is 0 Å². The van der Waals surface area contributed by atoms with Crippen molar-refractivity contribution in [3.05, 3.63) is 54.1 Å². The Morgan fingerprint density at radius 3 is 2.04 bits per heavy atom. The fourth-order valence-electron chi connectivity index (χ4n) is 3.64. The third kappa shape index (κ3) is 3.15. The highest BCUT2D eigenvalue weighted by Gasteiger charge is 2.51. The Morgan fingerprint density at radius 2 is 1.54 bits per heavy atom. The van der Waals surface area contributed by atoms with Crippen molar-refractivity contribution in [2.45, 2.75) is 12.0 Å². The third-order valence-electron chi connectivity index (χ3n) is 5.22. The van der Waals surface area contributed by atoms with Crippen LogP contribution in [0.15, 0.2) is 48.6 Å². The summed E-state index contributed by atoms with van der Waals surface area (Å²) in [6.45, 7) is 0. The zero-order valence-corrected chi connectivity index (χ0v) is 15.6. The zero-order valence-electron chi connectivity index (χ0n) is 15.6. The Hall–Kier alpha value is -2.53. The molecule has 1 aromatic rings. The van der Waals surface area contributed by atoms with Crippen molar-refractivity contribution in [2.75, 3.05) is 33.1 Å². The van der Waals surface area contributed by atoms with E-state index in [0.29, 0.717) is 5.56 Å². The van der Waals surface area contributed by atoms with E-state index in [0.717, 1.165) is 11.4 Å². The Kier molecular flexibility index (Phi) is 4.92. The van der Waals surface area contributed by atoms with Crippen molar-refractivity contribution < 1.29 is 19.3 Å². The summed E-state index contributed by atoms with van der Waals surface area (Å²) in [6.07, 6.45) is 6.63. The molecule has 0 heterocycles. The predicted molar refractivity (Wildman–Crippen MR) is 102 cm³/mol. The molecule has 3 unspecified atom stereocenters. The van der Waals surface area contributed by atoms with Crippen LogP contribution in [0.4, 0.5) is 5.69 Å². The molecule has 1 N–H and O–H groups in total. The lowest BCUT2D eigenvalue weighted by molar-refractivity contribution is -0.462. The molecule has 1 fully saturated rings. The van der Waals surface area contributed by atoms with E-state index in [9.17, 15) is 14.7 Å². The summed E-state index contributed by atoms with van der Waals surface area (Å²) < 4.78 is 1.97. The van der Waals surface area contributed by atoms with Crippen molar-refractivity contribution in [3.8, 4) is 0 Å². The fourth-order valence-corrected chi connectivity index (χ4v) is 3.64. The maximum atomic E-state index is 12.6. The normalized spacial score (nSPS) is 28.0. The molecule has 0 spiro atoms. The predicted octanol–water partition coefficient (Wildman–Crippen LogP) is 1.42. The minimum atomic E-state index is -1.01. The molecule has 0 aliphatic heterocycles. The number of carbonyl (C=O) groups is 2. The summed E-state index contributed by atoms with van der Waals surface area (Å²) in [4.78, 5) is 27.1. The van der Waals surface area contributed by atoms with Gasteiger partial charge in [-0.05, 0) is 17.7 Å². The second-order valence-corrected chi connectivity index (χ2v) is 7.32. The highest BCUT2D eigenvalue weighted by molar-refractivity contribution is 6.42. The number of ketones is 2. The van der Waals surface area contributed by atoms with Crippen LogP contribution < -0.4 is 4.90 Å². The molecule has 0 saturated heterocycles. The summed E-state index contributed by atoms with van der Waals surface area (Å²) in [5.41, 5.74) is 2.71. The largest absolute Gasteiger partial charge is 0.391 e. The second-order valence-electron chi connectivity index (χ2n) is 7.32. The van der Waals surface area contributed by atoms with Crippen molar-refractivity contribution in [1.82, 2.24) is 0 Å². The summed E-state index contributed by atoms with van der Waals surface area (Å²) in [6, 6.07) is 7.43. The first kappa shape index (κ1) is 18.3. The molecule has 5 nitrogen and oxygen atoms in total. The molecule has 2 aliphatic carbocycles. The van der Waals surface area contributed by atoms with Crippen LogP contribution in [0, 0.1) is 11.8 Å². The lowest BCUT2D eigenvalue weighted by Crippen LogP contribution is -2.29. The molecule has 136 valence electrons. The minimum absolute atomic E-state index is 0.267. The first-order valence-electron chi connectivity index (χ1n) is 8.75. The molecular weight excluding hydrogens is 328 g/mol. The van der Waals surface area contributed by atoms with Gasteiger partial charge < -0.3 is 10.0 Å². The molecule has 1 saturated carbocycles. The van der Waals surface area contributed by atoms with Crippen molar-refractivity contribution in [1.29, 1.82) is 0 Å². The molecular formula is C21H25N2O3+. The van der Waals surface area contributed by atoms with Crippen LogP contribution in [0.1, 0.15) is 11.5 Å². The number of hydrogen-bond donors (Lipinski definition) is 1. The smallest absolute Gasteiger partial charge is 0.208 e. The van der Waals surface area contributed by atoms with Crippen molar-refractivity contribution in [2.24, 2.45) is 11.8 Å². The quantitative estimate of drug-likeness (QED) is 0.660. The van der Waals surface area contributed by atoms with Gasteiger partial charge in [0.15, 0.2) is 5.71 Å². The maximum Gasteiger partial charge on any atom is 0.208 e. The van der Waals surface area contributed by atoms with Crippen LogP contribution in [0.2, 0.25) is 0 Å². The van der Waals surface area contributed by atoms with Gasteiger partial charge in [0.25, 0.3) is 0 Å². The molecule has 3 rings (SSSR count). The molecule has 5 heteroatoms. The number of aliphatic hydroxyl groups is 1. The number of hydrogen-bond acceptors (Lipinski definition) is 4. The van der Waals surface area contributed by atoms with Crippen LogP contribution in [0.25, 0.3) is 0 Å². The summed E-state index contributed by atoms with van der Waals surface area (Å²) in [7, 11) is 7.75. The molecule has 0 radical (unpaired) electrons. The lowest BCUT2D eigenvalue weighted by Gasteiger charge is -2.23. The van der Waals surface area contributed by atoms with Crippen molar-refractivity contribution >= 4 is 23.0 Å². The van der Waals surface area contributed by atoms with Gasteiger partial charge in [-0.25, -0.2) is 4.58 Å². The zero-order chi connectivity index (χ0) is 19.0. The highest BCUT2D eigenvalue weighted by atomic mass is 16.3. The fraction of sp³-hybridized carbons (Fsp3) is 0.381. The van der Waals surface area contributed by atoms with Gasteiger partial charge >= 0.3 is 0 Å². The topological polar surface area (TPSA) is 60.6 Å². The standard InChI is InChI=1S/C21H25N2O3/c1-22(2)15-9-5-13(6-10-15)17-19(24)18(21(26)20(17)25)14-7-11-16(12-8-14)23(3)4/h5-13,17-19,24H,1-4H3/q+1. The van der Waals surface area contributed by atoms with Crippen LogP contribution in [0.5, 0.6) is 0 Å². The molecule has 0 amide bonds. The van der Waals surface area contributed by atoms with E-state index in [1.807, 2.05) is 86.2 Å². The highest BCUT2D eigenvalue weighted by Crippen LogP contribution is 2.39. The van der Waals surface area contributed by atoms with Gasteiger partial charge in [-0.3, -0.25) is 9.59 Å². The molecule has 26 heavy (non-hydrogen) atoms. The Bertz CT molecular complexity index is 798. The van der Waals surface area contributed by atoms with Gasteiger partial charge in [0, 0.05) is 37.9 Å². The summed E-state index contributed by atoms with van der Waals surface area (Å²) in [5.74, 6) is -2.76. The molecule has 0 aromatic heterocycles. The number of allylic oxidation sites excluding steroid dienone is 4. The van der Waals surface area contributed by atoms with E-state index in [-0.39, 0.29) is 5.92 Å². The molecule has 1 aromatic carbocycles. The molecule has 0 bridgehead atoms. The van der Waals surface area contributed by atoms with Gasteiger partial charge in [-0.2, -0.15) is 0 Å². The van der Waals surface area contributed by atoms with E-state index in [1.54, 1.807) is 0 Å². The van der Waals surface area contributed by atoms with Crippen LogP contribution in [0.3, 0.4) is 0 Å².